The first-order valence-electron chi connectivity index (χ1n) is 5.84. The SMILES string of the molecule is O=C(O)c1cccc(-c2cc(C(=O)O)cc(C(=O)O)c2)c1. The standard InChI is InChI=1S/C15H10O6/c16-13(17)9-3-1-2-8(4-9)10-5-11(14(18)19)7-12(6-10)15(20)21/h1-7H,(H,16,17)(H,18,19)(H,20,21). The average molecular weight is 286 g/mol. The summed E-state index contributed by atoms with van der Waals surface area (Å²) in [6, 6.07) is 9.49. The summed E-state index contributed by atoms with van der Waals surface area (Å²) in [5.41, 5.74) is 0.442. The van der Waals surface area contributed by atoms with Crippen LogP contribution in [0.15, 0.2) is 42.5 Å². The minimum absolute atomic E-state index is 0.0325. The monoisotopic (exact) mass is 286 g/mol. The Bertz CT molecular complexity index is 715. The van der Waals surface area contributed by atoms with Crippen molar-refractivity contribution in [3.63, 3.8) is 0 Å². The Balaban J connectivity index is 2.62. The maximum atomic E-state index is 11.0. The third kappa shape index (κ3) is 3.06. The smallest absolute Gasteiger partial charge is 0.335 e. The highest BCUT2D eigenvalue weighted by Crippen LogP contribution is 2.24. The summed E-state index contributed by atoms with van der Waals surface area (Å²) < 4.78 is 0. The Morgan fingerprint density at radius 1 is 0.619 bits per heavy atom. The Labute approximate surface area is 118 Å². The fourth-order valence-corrected chi connectivity index (χ4v) is 1.87. The van der Waals surface area contributed by atoms with E-state index >= 15 is 0 Å². The van der Waals surface area contributed by atoms with Crippen LogP contribution in [0.3, 0.4) is 0 Å². The van der Waals surface area contributed by atoms with Gasteiger partial charge in [0.05, 0.1) is 16.7 Å². The molecule has 0 unspecified atom stereocenters. The molecule has 0 radical (unpaired) electrons. The summed E-state index contributed by atoms with van der Waals surface area (Å²) in [4.78, 5) is 33.0. The van der Waals surface area contributed by atoms with Crippen molar-refractivity contribution in [2.75, 3.05) is 0 Å². The van der Waals surface area contributed by atoms with Gasteiger partial charge in [-0.25, -0.2) is 14.4 Å². The fraction of sp³-hybridized carbons (Fsp3) is 0. The van der Waals surface area contributed by atoms with Gasteiger partial charge in [-0.05, 0) is 41.5 Å². The Morgan fingerprint density at radius 2 is 1.10 bits per heavy atom. The van der Waals surface area contributed by atoms with Gasteiger partial charge in [-0.1, -0.05) is 12.1 Å². The van der Waals surface area contributed by atoms with E-state index in [1.54, 1.807) is 6.07 Å². The number of rotatable bonds is 4. The van der Waals surface area contributed by atoms with Crippen LogP contribution in [0, 0.1) is 0 Å². The molecule has 21 heavy (non-hydrogen) atoms. The first-order valence-corrected chi connectivity index (χ1v) is 5.84. The lowest BCUT2D eigenvalue weighted by atomic mass is 9.98. The molecule has 3 N–H and O–H groups in total. The van der Waals surface area contributed by atoms with Gasteiger partial charge in [0, 0.05) is 0 Å². The van der Waals surface area contributed by atoms with Gasteiger partial charge >= 0.3 is 17.9 Å². The van der Waals surface area contributed by atoms with Crippen LogP contribution in [0.5, 0.6) is 0 Å². The van der Waals surface area contributed by atoms with Crippen molar-refractivity contribution in [2.45, 2.75) is 0 Å². The molecule has 0 aliphatic rings. The van der Waals surface area contributed by atoms with Gasteiger partial charge in [0.25, 0.3) is 0 Å². The lowest BCUT2D eigenvalue weighted by Crippen LogP contribution is -2.03. The van der Waals surface area contributed by atoms with Gasteiger partial charge in [0.15, 0.2) is 0 Å². The van der Waals surface area contributed by atoms with Gasteiger partial charge in [0.1, 0.15) is 0 Å². The largest absolute Gasteiger partial charge is 0.478 e. The number of carbonyl (C=O) groups is 3. The summed E-state index contributed by atoms with van der Waals surface area (Å²) in [6.07, 6.45) is 0. The van der Waals surface area contributed by atoms with Crippen molar-refractivity contribution < 1.29 is 29.7 Å². The number of hydrogen-bond donors (Lipinski definition) is 3. The Hall–Kier alpha value is -3.15. The fourth-order valence-electron chi connectivity index (χ4n) is 1.87. The van der Waals surface area contributed by atoms with Crippen LogP contribution in [-0.4, -0.2) is 33.2 Å². The molecule has 0 spiro atoms. The van der Waals surface area contributed by atoms with Crippen molar-refractivity contribution >= 4 is 17.9 Å². The second kappa shape index (κ2) is 5.46. The van der Waals surface area contributed by atoms with Crippen LogP contribution in [0.2, 0.25) is 0 Å². The molecular weight excluding hydrogens is 276 g/mol. The van der Waals surface area contributed by atoms with Crippen LogP contribution in [0.25, 0.3) is 11.1 Å². The average Bonchev–Trinajstić information content (AvgIpc) is 2.46. The summed E-state index contributed by atoms with van der Waals surface area (Å²) in [7, 11) is 0. The van der Waals surface area contributed by atoms with Crippen LogP contribution >= 0.6 is 0 Å². The van der Waals surface area contributed by atoms with Gasteiger partial charge in [-0.2, -0.15) is 0 Å². The summed E-state index contributed by atoms with van der Waals surface area (Å²) in [6.45, 7) is 0. The molecule has 106 valence electrons. The number of benzene rings is 2. The molecule has 2 aromatic rings. The molecule has 0 aliphatic heterocycles. The van der Waals surface area contributed by atoms with Crippen LogP contribution in [-0.2, 0) is 0 Å². The summed E-state index contributed by atoms with van der Waals surface area (Å²) in [5, 5.41) is 27.0. The van der Waals surface area contributed by atoms with E-state index in [2.05, 4.69) is 0 Å². The van der Waals surface area contributed by atoms with Crippen LogP contribution in [0.4, 0.5) is 0 Å². The van der Waals surface area contributed by atoms with E-state index in [4.69, 9.17) is 15.3 Å². The molecule has 6 heteroatoms. The predicted molar refractivity (Wildman–Crippen MR) is 72.8 cm³/mol. The summed E-state index contributed by atoms with van der Waals surface area (Å²) >= 11 is 0. The second-order valence-corrected chi connectivity index (χ2v) is 4.30. The van der Waals surface area contributed by atoms with Crippen molar-refractivity contribution in [3.05, 3.63) is 59.2 Å². The normalized spacial score (nSPS) is 10.1. The number of aromatic carboxylic acids is 3. The highest BCUT2D eigenvalue weighted by atomic mass is 16.4. The predicted octanol–water partition coefficient (Wildman–Crippen LogP) is 2.45. The third-order valence-corrected chi connectivity index (χ3v) is 2.87. The zero-order valence-electron chi connectivity index (χ0n) is 10.6. The molecule has 0 saturated carbocycles. The van der Waals surface area contributed by atoms with Crippen molar-refractivity contribution in [1.29, 1.82) is 0 Å². The van der Waals surface area contributed by atoms with Crippen LogP contribution < -0.4 is 0 Å². The van der Waals surface area contributed by atoms with E-state index < -0.39 is 17.9 Å². The van der Waals surface area contributed by atoms with E-state index in [1.807, 2.05) is 0 Å². The molecule has 0 heterocycles. The minimum Gasteiger partial charge on any atom is -0.478 e. The molecular formula is C15H10O6. The molecule has 0 saturated heterocycles. The number of carboxylic acids is 3. The molecule has 0 bridgehead atoms. The molecule has 0 amide bonds. The van der Waals surface area contributed by atoms with E-state index in [-0.39, 0.29) is 16.7 Å². The highest BCUT2D eigenvalue weighted by Gasteiger charge is 2.13. The van der Waals surface area contributed by atoms with E-state index in [0.29, 0.717) is 11.1 Å². The van der Waals surface area contributed by atoms with Gasteiger partial charge in [-0.15, -0.1) is 0 Å². The van der Waals surface area contributed by atoms with Crippen molar-refractivity contribution in [1.82, 2.24) is 0 Å². The molecule has 0 aromatic heterocycles. The molecule has 6 nitrogen and oxygen atoms in total. The Kier molecular flexibility index (Phi) is 3.71. The lowest BCUT2D eigenvalue weighted by Gasteiger charge is -2.06. The molecule has 2 aromatic carbocycles. The quantitative estimate of drug-likeness (QED) is 0.795. The number of carboxylic acid groups (broad SMARTS) is 3. The Morgan fingerprint density at radius 3 is 1.57 bits per heavy atom. The lowest BCUT2D eigenvalue weighted by molar-refractivity contribution is 0.0682. The maximum absolute atomic E-state index is 11.0. The van der Waals surface area contributed by atoms with Crippen molar-refractivity contribution in [3.8, 4) is 11.1 Å². The van der Waals surface area contributed by atoms with E-state index in [0.717, 1.165) is 6.07 Å². The number of hydrogen-bond acceptors (Lipinski definition) is 3. The minimum atomic E-state index is -1.26. The van der Waals surface area contributed by atoms with Gasteiger partial charge < -0.3 is 15.3 Å². The second-order valence-electron chi connectivity index (χ2n) is 4.30. The topological polar surface area (TPSA) is 112 Å². The summed E-state index contributed by atoms with van der Waals surface area (Å²) in [5.74, 6) is -3.63. The first kappa shape index (κ1) is 14.3. The zero-order valence-corrected chi connectivity index (χ0v) is 10.6. The van der Waals surface area contributed by atoms with E-state index in [1.165, 1.54) is 30.3 Å². The van der Waals surface area contributed by atoms with Crippen molar-refractivity contribution in [2.24, 2.45) is 0 Å². The van der Waals surface area contributed by atoms with Crippen LogP contribution in [0.1, 0.15) is 31.1 Å². The first-order chi connectivity index (χ1) is 9.88. The molecule has 0 aliphatic carbocycles. The highest BCUT2D eigenvalue weighted by molar-refractivity contribution is 5.96. The van der Waals surface area contributed by atoms with E-state index in [9.17, 15) is 14.4 Å². The molecule has 0 fully saturated rings. The third-order valence-electron chi connectivity index (χ3n) is 2.87. The zero-order chi connectivity index (χ0) is 15.6. The van der Waals surface area contributed by atoms with Gasteiger partial charge in [-0.3, -0.25) is 0 Å². The maximum Gasteiger partial charge on any atom is 0.335 e. The molecule has 2 rings (SSSR count). The molecule has 0 atom stereocenters. The van der Waals surface area contributed by atoms with Gasteiger partial charge in [0.2, 0.25) is 0 Å².